The van der Waals surface area contributed by atoms with E-state index in [0.29, 0.717) is 6.61 Å². The quantitative estimate of drug-likeness (QED) is 0.543. The fraction of sp³-hybridized carbons (Fsp3) is 0.280. The van der Waals surface area contributed by atoms with Crippen molar-refractivity contribution in [3.05, 3.63) is 77.9 Å². The number of hydrogen-bond acceptors (Lipinski definition) is 3. The van der Waals surface area contributed by atoms with Crippen molar-refractivity contribution in [1.29, 1.82) is 0 Å². The maximum atomic E-state index is 6.24. The molecule has 1 aromatic heterocycles. The van der Waals surface area contributed by atoms with Crippen molar-refractivity contribution in [1.82, 2.24) is 14.8 Å². The van der Waals surface area contributed by atoms with Crippen LogP contribution in [-0.2, 0) is 13.2 Å². The highest BCUT2D eigenvalue weighted by Gasteiger charge is 2.14. The number of aromatic amines is 1. The van der Waals surface area contributed by atoms with Gasteiger partial charge < -0.3 is 14.6 Å². The molecule has 5 rings (SSSR count). The van der Waals surface area contributed by atoms with Gasteiger partial charge in [-0.1, -0.05) is 48.5 Å². The minimum absolute atomic E-state index is 0.577. The number of fused-ring (bicyclic) bond motifs is 3. The molecule has 4 nitrogen and oxygen atoms in total. The number of piperazine rings is 1. The summed E-state index contributed by atoms with van der Waals surface area (Å²) in [6.07, 6.45) is 0. The largest absolute Gasteiger partial charge is 0.488 e. The smallest absolute Gasteiger partial charge is 0.129 e. The second-order valence-electron chi connectivity index (χ2n) is 8.03. The number of nitrogens with zero attached hydrogens (tertiary/aromatic N) is 2. The molecule has 0 bridgehead atoms. The van der Waals surface area contributed by atoms with Gasteiger partial charge in [-0.2, -0.15) is 0 Å². The first kappa shape index (κ1) is 18.2. The van der Waals surface area contributed by atoms with Crippen LogP contribution in [0.25, 0.3) is 21.8 Å². The number of H-pyrrole nitrogens is 1. The van der Waals surface area contributed by atoms with Gasteiger partial charge >= 0.3 is 0 Å². The topological polar surface area (TPSA) is 31.5 Å². The molecule has 1 saturated heterocycles. The number of ether oxygens (including phenoxy) is 1. The molecule has 0 amide bonds. The molecule has 29 heavy (non-hydrogen) atoms. The number of likely N-dealkylation sites (N-methyl/N-ethyl adjacent to an activating group) is 1. The van der Waals surface area contributed by atoms with Crippen LogP contribution in [0.15, 0.2) is 66.7 Å². The Morgan fingerprint density at radius 1 is 0.793 bits per heavy atom. The molecule has 0 spiro atoms. The molecule has 4 heteroatoms. The Morgan fingerprint density at radius 2 is 1.52 bits per heavy atom. The van der Waals surface area contributed by atoms with Crippen LogP contribution in [0.4, 0.5) is 0 Å². The first-order chi connectivity index (χ1) is 14.3. The van der Waals surface area contributed by atoms with Gasteiger partial charge in [-0.15, -0.1) is 0 Å². The Morgan fingerprint density at radius 3 is 2.34 bits per heavy atom. The Labute approximate surface area is 171 Å². The number of aromatic nitrogens is 1. The molecule has 0 saturated carbocycles. The number of nitrogens with one attached hydrogen (secondary N) is 1. The molecule has 1 aliphatic rings. The molecule has 0 unspecified atom stereocenters. The monoisotopic (exact) mass is 385 g/mol. The zero-order valence-electron chi connectivity index (χ0n) is 16.9. The minimum Gasteiger partial charge on any atom is -0.488 e. The summed E-state index contributed by atoms with van der Waals surface area (Å²) in [5, 5.41) is 2.37. The van der Waals surface area contributed by atoms with Crippen LogP contribution in [-0.4, -0.2) is 48.0 Å². The zero-order valence-corrected chi connectivity index (χ0v) is 16.9. The van der Waals surface area contributed by atoms with Crippen molar-refractivity contribution >= 4 is 21.8 Å². The van der Waals surface area contributed by atoms with Gasteiger partial charge in [0.15, 0.2) is 0 Å². The fourth-order valence-electron chi connectivity index (χ4n) is 4.15. The fourth-order valence-corrected chi connectivity index (χ4v) is 4.15. The summed E-state index contributed by atoms with van der Waals surface area (Å²) in [5.74, 6) is 0.932. The van der Waals surface area contributed by atoms with Crippen molar-refractivity contribution in [2.75, 3.05) is 33.2 Å². The molecule has 1 N–H and O–H groups in total. The third-order valence-corrected chi connectivity index (χ3v) is 5.91. The van der Waals surface area contributed by atoms with Gasteiger partial charge in [0.05, 0.1) is 5.52 Å². The summed E-state index contributed by atoms with van der Waals surface area (Å²) in [7, 11) is 2.20. The molecule has 0 radical (unpaired) electrons. The van der Waals surface area contributed by atoms with Crippen LogP contribution in [0.3, 0.4) is 0 Å². The van der Waals surface area contributed by atoms with Gasteiger partial charge in [0.1, 0.15) is 12.4 Å². The predicted octanol–water partition coefficient (Wildman–Crippen LogP) is 4.65. The van der Waals surface area contributed by atoms with Crippen molar-refractivity contribution in [2.24, 2.45) is 0 Å². The molecule has 3 aromatic carbocycles. The lowest BCUT2D eigenvalue weighted by molar-refractivity contribution is 0.148. The van der Waals surface area contributed by atoms with Crippen molar-refractivity contribution in [3.8, 4) is 5.75 Å². The van der Waals surface area contributed by atoms with Gasteiger partial charge in [-0.25, -0.2) is 0 Å². The van der Waals surface area contributed by atoms with E-state index >= 15 is 0 Å². The maximum absolute atomic E-state index is 6.24. The van der Waals surface area contributed by atoms with Gasteiger partial charge in [0.25, 0.3) is 0 Å². The normalized spacial score (nSPS) is 15.9. The Kier molecular flexibility index (Phi) is 4.96. The van der Waals surface area contributed by atoms with Crippen LogP contribution in [0.1, 0.15) is 11.1 Å². The molecule has 0 atom stereocenters. The van der Waals surface area contributed by atoms with E-state index in [2.05, 4.69) is 82.5 Å². The van der Waals surface area contributed by atoms with Gasteiger partial charge in [0, 0.05) is 49.0 Å². The number of hydrogen-bond donors (Lipinski definition) is 1. The number of rotatable bonds is 5. The minimum atomic E-state index is 0.577. The van der Waals surface area contributed by atoms with E-state index in [1.165, 1.54) is 16.5 Å². The third-order valence-electron chi connectivity index (χ3n) is 5.91. The Bertz CT molecular complexity index is 1110. The molecule has 0 aliphatic carbocycles. The van der Waals surface area contributed by atoms with Gasteiger partial charge in [-0.05, 0) is 36.4 Å². The summed E-state index contributed by atoms with van der Waals surface area (Å²) < 4.78 is 6.24. The zero-order chi connectivity index (χ0) is 19.6. The lowest BCUT2D eigenvalue weighted by atomic mass is 10.1. The van der Waals surface area contributed by atoms with Gasteiger partial charge in [0.2, 0.25) is 0 Å². The van der Waals surface area contributed by atoms with E-state index in [9.17, 15) is 0 Å². The van der Waals surface area contributed by atoms with Crippen LogP contribution in [0, 0.1) is 0 Å². The molecule has 1 fully saturated rings. The Hall–Kier alpha value is -2.82. The van der Waals surface area contributed by atoms with Crippen molar-refractivity contribution < 1.29 is 4.74 Å². The second-order valence-corrected chi connectivity index (χ2v) is 8.03. The Balaban J connectivity index is 1.28. The summed E-state index contributed by atoms with van der Waals surface area (Å²) in [6, 6.07) is 23.5. The van der Waals surface area contributed by atoms with Crippen LogP contribution in [0.5, 0.6) is 5.75 Å². The van der Waals surface area contributed by atoms with E-state index in [1.54, 1.807) is 0 Å². The van der Waals surface area contributed by atoms with Crippen molar-refractivity contribution in [3.63, 3.8) is 0 Å². The van der Waals surface area contributed by atoms with E-state index in [4.69, 9.17) is 4.74 Å². The molecular formula is C25H27N3O. The van der Waals surface area contributed by atoms with Crippen LogP contribution < -0.4 is 4.74 Å². The lowest BCUT2D eigenvalue weighted by Crippen LogP contribution is -2.43. The van der Waals surface area contributed by atoms with E-state index in [1.807, 2.05) is 6.07 Å². The maximum Gasteiger partial charge on any atom is 0.129 e. The number of benzene rings is 3. The molecule has 4 aromatic rings. The van der Waals surface area contributed by atoms with Crippen molar-refractivity contribution in [2.45, 2.75) is 13.2 Å². The van der Waals surface area contributed by atoms with E-state index in [0.717, 1.165) is 54.9 Å². The summed E-state index contributed by atoms with van der Waals surface area (Å²) in [5.41, 5.74) is 4.83. The van der Waals surface area contributed by atoms with Crippen LogP contribution >= 0.6 is 0 Å². The predicted molar refractivity (Wildman–Crippen MR) is 119 cm³/mol. The first-order valence-corrected chi connectivity index (χ1v) is 10.4. The number of para-hydroxylation sites is 1. The SMILES string of the molecule is CN1CCN(Cc2ccc(COc3cccc4[nH]c5ccccc5c34)cc2)CC1. The highest BCUT2D eigenvalue weighted by molar-refractivity contribution is 6.10. The summed E-state index contributed by atoms with van der Waals surface area (Å²) in [6.45, 7) is 6.22. The second kappa shape index (κ2) is 7.90. The first-order valence-electron chi connectivity index (χ1n) is 10.4. The third kappa shape index (κ3) is 3.86. The average molecular weight is 386 g/mol. The van der Waals surface area contributed by atoms with Gasteiger partial charge in [-0.3, -0.25) is 4.90 Å². The summed E-state index contributed by atoms with van der Waals surface area (Å²) in [4.78, 5) is 8.40. The standard InChI is InChI=1S/C25H27N3O/c1-27-13-15-28(16-14-27)17-19-9-11-20(12-10-19)18-29-24-8-4-7-23-25(24)21-5-2-3-6-22(21)26-23/h2-12,26H,13-18H2,1H3. The molecule has 148 valence electrons. The average Bonchev–Trinajstić information content (AvgIpc) is 3.14. The highest BCUT2D eigenvalue weighted by Crippen LogP contribution is 2.33. The molecule has 2 heterocycles. The van der Waals surface area contributed by atoms with Crippen LogP contribution in [0.2, 0.25) is 0 Å². The molecular weight excluding hydrogens is 358 g/mol. The lowest BCUT2D eigenvalue weighted by Gasteiger charge is -2.32. The molecule has 1 aliphatic heterocycles. The van der Waals surface area contributed by atoms with E-state index < -0.39 is 0 Å². The highest BCUT2D eigenvalue weighted by atomic mass is 16.5. The summed E-state index contributed by atoms with van der Waals surface area (Å²) >= 11 is 0. The van der Waals surface area contributed by atoms with E-state index in [-0.39, 0.29) is 0 Å².